The number of hydrogen-bond donors (Lipinski definition) is 1. The Kier molecular flexibility index (Phi) is 6.10. The molecule has 0 amide bonds. The van der Waals surface area contributed by atoms with Gasteiger partial charge >= 0.3 is 5.97 Å². The SMILES string of the molecule is CC(C(=O)OC(C)(C)C)N(CCO)Cc1cccnc1. The number of esters is 1. The van der Waals surface area contributed by atoms with Crippen LogP contribution in [0.5, 0.6) is 0 Å². The third-order valence-corrected chi connectivity index (χ3v) is 2.79. The Morgan fingerprint density at radius 2 is 2.20 bits per heavy atom. The highest BCUT2D eigenvalue weighted by Gasteiger charge is 2.26. The van der Waals surface area contributed by atoms with E-state index in [0.717, 1.165) is 5.56 Å². The lowest BCUT2D eigenvalue weighted by molar-refractivity contribution is -0.161. The number of nitrogens with zero attached hydrogens (tertiary/aromatic N) is 2. The van der Waals surface area contributed by atoms with Crippen LogP contribution in [-0.2, 0) is 16.1 Å². The quantitative estimate of drug-likeness (QED) is 0.802. The molecule has 1 atom stereocenters. The fourth-order valence-electron chi connectivity index (χ4n) is 1.80. The molecule has 1 unspecified atom stereocenters. The van der Waals surface area contributed by atoms with E-state index in [9.17, 15) is 4.79 Å². The number of carbonyl (C=O) groups excluding carboxylic acids is 1. The number of rotatable bonds is 6. The fraction of sp³-hybridized carbons (Fsp3) is 0.600. The van der Waals surface area contributed by atoms with Gasteiger partial charge < -0.3 is 9.84 Å². The molecule has 112 valence electrons. The second kappa shape index (κ2) is 7.36. The molecule has 0 spiro atoms. The summed E-state index contributed by atoms with van der Waals surface area (Å²) in [5, 5.41) is 9.17. The van der Waals surface area contributed by atoms with Gasteiger partial charge in [0.05, 0.1) is 6.61 Å². The van der Waals surface area contributed by atoms with Gasteiger partial charge in [0, 0.05) is 25.5 Å². The molecule has 0 saturated carbocycles. The molecule has 20 heavy (non-hydrogen) atoms. The highest BCUT2D eigenvalue weighted by atomic mass is 16.6. The maximum Gasteiger partial charge on any atom is 0.323 e. The molecule has 5 heteroatoms. The highest BCUT2D eigenvalue weighted by Crippen LogP contribution is 2.13. The van der Waals surface area contributed by atoms with Crippen molar-refractivity contribution in [1.29, 1.82) is 0 Å². The molecule has 0 fully saturated rings. The number of aromatic nitrogens is 1. The summed E-state index contributed by atoms with van der Waals surface area (Å²) < 4.78 is 5.39. The van der Waals surface area contributed by atoms with Crippen LogP contribution in [0.4, 0.5) is 0 Å². The summed E-state index contributed by atoms with van der Waals surface area (Å²) in [5.74, 6) is -0.283. The minimum absolute atomic E-state index is 0.00655. The van der Waals surface area contributed by atoms with Crippen LogP contribution >= 0.6 is 0 Å². The van der Waals surface area contributed by atoms with E-state index < -0.39 is 11.6 Å². The van der Waals surface area contributed by atoms with Crippen molar-refractivity contribution in [1.82, 2.24) is 9.88 Å². The van der Waals surface area contributed by atoms with E-state index in [4.69, 9.17) is 9.84 Å². The number of aliphatic hydroxyl groups is 1. The van der Waals surface area contributed by atoms with Gasteiger partial charge in [-0.3, -0.25) is 14.7 Å². The van der Waals surface area contributed by atoms with E-state index in [0.29, 0.717) is 13.1 Å². The summed E-state index contributed by atoms with van der Waals surface area (Å²) in [4.78, 5) is 18.0. The maximum absolute atomic E-state index is 12.1. The van der Waals surface area contributed by atoms with Crippen LogP contribution in [-0.4, -0.2) is 45.8 Å². The molecular weight excluding hydrogens is 256 g/mol. The Balaban J connectivity index is 2.72. The zero-order valence-electron chi connectivity index (χ0n) is 12.7. The van der Waals surface area contributed by atoms with Crippen molar-refractivity contribution >= 4 is 5.97 Å². The Morgan fingerprint density at radius 1 is 1.50 bits per heavy atom. The molecule has 1 heterocycles. The monoisotopic (exact) mass is 280 g/mol. The molecule has 0 aliphatic carbocycles. The summed E-state index contributed by atoms with van der Waals surface area (Å²) >= 11 is 0. The number of aliphatic hydroxyl groups excluding tert-OH is 1. The normalized spacial score (nSPS) is 13.3. The molecule has 0 bridgehead atoms. The fourth-order valence-corrected chi connectivity index (χ4v) is 1.80. The molecule has 0 saturated heterocycles. The standard InChI is InChI=1S/C15H24N2O3/c1-12(14(19)20-15(2,3)4)17(8-9-18)11-13-6-5-7-16-10-13/h5-7,10,12,18H,8-9,11H2,1-4H3. The Hall–Kier alpha value is -1.46. The second-order valence-corrected chi connectivity index (χ2v) is 5.76. The average Bonchev–Trinajstić information content (AvgIpc) is 2.36. The maximum atomic E-state index is 12.1. The highest BCUT2D eigenvalue weighted by molar-refractivity contribution is 5.75. The first-order chi connectivity index (χ1) is 9.33. The van der Waals surface area contributed by atoms with Crippen molar-refractivity contribution in [3.05, 3.63) is 30.1 Å². The van der Waals surface area contributed by atoms with Crippen LogP contribution in [0.2, 0.25) is 0 Å². The third kappa shape index (κ3) is 5.67. The van der Waals surface area contributed by atoms with Crippen LogP contribution in [0, 0.1) is 0 Å². The minimum Gasteiger partial charge on any atom is -0.459 e. The second-order valence-electron chi connectivity index (χ2n) is 5.76. The molecule has 0 radical (unpaired) electrons. The molecule has 0 aliphatic heterocycles. The van der Waals surface area contributed by atoms with E-state index in [1.807, 2.05) is 37.8 Å². The van der Waals surface area contributed by atoms with Gasteiger partial charge in [0.15, 0.2) is 0 Å². The zero-order valence-corrected chi connectivity index (χ0v) is 12.7. The van der Waals surface area contributed by atoms with Crippen LogP contribution in [0.15, 0.2) is 24.5 Å². The number of ether oxygens (including phenoxy) is 1. The van der Waals surface area contributed by atoms with E-state index >= 15 is 0 Å². The molecule has 1 rings (SSSR count). The van der Waals surface area contributed by atoms with Gasteiger partial charge in [-0.2, -0.15) is 0 Å². The van der Waals surface area contributed by atoms with Crippen molar-refractivity contribution < 1.29 is 14.6 Å². The zero-order chi connectivity index (χ0) is 15.2. The third-order valence-electron chi connectivity index (χ3n) is 2.79. The summed E-state index contributed by atoms with van der Waals surface area (Å²) in [6.45, 7) is 8.27. The van der Waals surface area contributed by atoms with Crippen molar-refractivity contribution in [3.8, 4) is 0 Å². The predicted octanol–water partition coefficient (Wildman–Crippen LogP) is 1.61. The van der Waals surface area contributed by atoms with E-state index in [2.05, 4.69) is 4.98 Å². The van der Waals surface area contributed by atoms with Gasteiger partial charge in [0.25, 0.3) is 0 Å². The molecular formula is C15H24N2O3. The van der Waals surface area contributed by atoms with Crippen LogP contribution in [0.1, 0.15) is 33.3 Å². The van der Waals surface area contributed by atoms with Gasteiger partial charge in [0.2, 0.25) is 0 Å². The van der Waals surface area contributed by atoms with Crippen LogP contribution < -0.4 is 0 Å². The molecule has 1 aromatic heterocycles. The Bertz CT molecular complexity index is 415. The number of hydrogen-bond acceptors (Lipinski definition) is 5. The van der Waals surface area contributed by atoms with Crippen molar-refractivity contribution in [3.63, 3.8) is 0 Å². The van der Waals surface area contributed by atoms with Gasteiger partial charge in [0.1, 0.15) is 11.6 Å². The first-order valence-corrected chi connectivity index (χ1v) is 6.80. The molecule has 1 aromatic rings. The van der Waals surface area contributed by atoms with Crippen LogP contribution in [0.3, 0.4) is 0 Å². The lowest BCUT2D eigenvalue weighted by atomic mass is 10.1. The first kappa shape index (κ1) is 16.6. The smallest absolute Gasteiger partial charge is 0.323 e. The number of carbonyl (C=O) groups is 1. The topological polar surface area (TPSA) is 62.7 Å². The summed E-state index contributed by atoms with van der Waals surface area (Å²) in [5.41, 5.74) is 0.487. The average molecular weight is 280 g/mol. The van der Waals surface area contributed by atoms with E-state index in [1.54, 1.807) is 19.3 Å². The van der Waals surface area contributed by atoms with Gasteiger partial charge in [-0.05, 0) is 39.3 Å². The lowest BCUT2D eigenvalue weighted by Gasteiger charge is -2.29. The van der Waals surface area contributed by atoms with Gasteiger partial charge in [-0.15, -0.1) is 0 Å². The summed E-state index contributed by atoms with van der Waals surface area (Å²) in [6.07, 6.45) is 3.46. The summed E-state index contributed by atoms with van der Waals surface area (Å²) in [6, 6.07) is 3.38. The summed E-state index contributed by atoms with van der Waals surface area (Å²) in [7, 11) is 0. The van der Waals surface area contributed by atoms with Gasteiger partial charge in [-0.25, -0.2) is 0 Å². The molecule has 5 nitrogen and oxygen atoms in total. The largest absolute Gasteiger partial charge is 0.459 e. The first-order valence-electron chi connectivity index (χ1n) is 6.80. The van der Waals surface area contributed by atoms with Crippen LogP contribution in [0.25, 0.3) is 0 Å². The molecule has 1 N–H and O–H groups in total. The molecule has 0 aliphatic rings. The molecule has 0 aromatic carbocycles. The Labute approximate surface area is 120 Å². The number of pyridine rings is 1. The Morgan fingerprint density at radius 3 is 2.70 bits per heavy atom. The minimum atomic E-state index is -0.509. The predicted molar refractivity (Wildman–Crippen MR) is 77.0 cm³/mol. The van der Waals surface area contributed by atoms with E-state index in [-0.39, 0.29) is 12.6 Å². The van der Waals surface area contributed by atoms with E-state index in [1.165, 1.54) is 0 Å². The van der Waals surface area contributed by atoms with Crippen molar-refractivity contribution in [2.24, 2.45) is 0 Å². The van der Waals surface area contributed by atoms with Crippen molar-refractivity contribution in [2.75, 3.05) is 13.2 Å². The van der Waals surface area contributed by atoms with Gasteiger partial charge in [-0.1, -0.05) is 6.07 Å². The lowest BCUT2D eigenvalue weighted by Crippen LogP contribution is -2.43. The van der Waals surface area contributed by atoms with Crippen molar-refractivity contribution in [2.45, 2.75) is 45.9 Å².